The Bertz CT molecular complexity index is 1420. The predicted molar refractivity (Wildman–Crippen MR) is 149 cm³/mol. The van der Waals surface area contributed by atoms with E-state index in [9.17, 15) is 13.9 Å². The van der Waals surface area contributed by atoms with E-state index in [4.69, 9.17) is 8.94 Å². The summed E-state index contributed by atoms with van der Waals surface area (Å²) in [6.45, 7) is 9.94. The smallest absolute Gasteiger partial charge is 0.225 e. The third kappa shape index (κ3) is 6.09. The van der Waals surface area contributed by atoms with Crippen LogP contribution < -0.4 is 4.72 Å². The van der Waals surface area contributed by atoms with Gasteiger partial charge >= 0.3 is 0 Å². The SMILES string of the molecule is Cc1onc(NS(O)(O)c2ccccc2-c2ccc(-c3ncco3)cc2CN(C)C(=O)CC(C)(C)C)c1C. The van der Waals surface area contributed by atoms with E-state index in [1.54, 1.807) is 44.1 Å². The van der Waals surface area contributed by atoms with Crippen LogP contribution >= 0.6 is 10.8 Å². The Morgan fingerprint density at radius 2 is 1.84 bits per heavy atom. The molecule has 2 aromatic heterocycles. The van der Waals surface area contributed by atoms with Crippen molar-refractivity contribution in [1.82, 2.24) is 15.0 Å². The Balaban J connectivity index is 1.77. The summed E-state index contributed by atoms with van der Waals surface area (Å²) in [5.41, 5.74) is 3.46. The van der Waals surface area contributed by atoms with Crippen LogP contribution in [0, 0.1) is 19.3 Å². The molecule has 3 N–H and O–H groups in total. The number of rotatable bonds is 8. The highest BCUT2D eigenvalue weighted by atomic mass is 32.3. The highest BCUT2D eigenvalue weighted by molar-refractivity contribution is 8.25. The Morgan fingerprint density at radius 3 is 2.47 bits per heavy atom. The van der Waals surface area contributed by atoms with Crippen molar-refractivity contribution < 1.29 is 22.8 Å². The van der Waals surface area contributed by atoms with Gasteiger partial charge in [0.05, 0.1) is 11.1 Å². The second-order valence-electron chi connectivity index (χ2n) is 10.6. The second-order valence-corrected chi connectivity index (χ2v) is 12.3. The highest BCUT2D eigenvalue weighted by Crippen LogP contribution is 2.52. The summed E-state index contributed by atoms with van der Waals surface area (Å²) in [4.78, 5) is 19.2. The van der Waals surface area contributed by atoms with Crippen LogP contribution in [0.4, 0.5) is 5.82 Å². The zero-order valence-electron chi connectivity index (χ0n) is 22.5. The van der Waals surface area contributed by atoms with Crippen molar-refractivity contribution in [2.45, 2.75) is 52.5 Å². The van der Waals surface area contributed by atoms with Gasteiger partial charge in [-0.15, -0.1) is 0 Å². The van der Waals surface area contributed by atoms with E-state index in [2.05, 4.69) is 14.9 Å². The molecule has 2 heterocycles. The molecular formula is C28H34N4O5S. The summed E-state index contributed by atoms with van der Waals surface area (Å²) in [5.74, 6) is 1.33. The van der Waals surface area contributed by atoms with Crippen molar-refractivity contribution in [2.75, 3.05) is 11.8 Å². The number of aryl methyl sites for hydroxylation is 1. The number of anilines is 1. The van der Waals surface area contributed by atoms with Crippen molar-refractivity contribution in [3.05, 3.63) is 71.8 Å². The minimum Gasteiger partial charge on any atom is -0.445 e. The zero-order valence-corrected chi connectivity index (χ0v) is 23.3. The molecule has 0 aliphatic heterocycles. The van der Waals surface area contributed by atoms with Crippen molar-refractivity contribution in [3.63, 3.8) is 0 Å². The van der Waals surface area contributed by atoms with Gasteiger partial charge < -0.3 is 13.8 Å². The van der Waals surface area contributed by atoms with Gasteiger partial charge in [-0.1, -0.05) is 61.0 Å². The standard InChI is InChI=1S/C28H34N4O5S/c1-18-19(2)37-30-26(18)31-38(34,35)24-10-8-7-9-23(24)22-12-11-20(27-29-13-14-36-27)15-21(22)17-32(6)25(33)16-28(3,4)5/h7-15,34-35H,16-17H2,1-6H3,(H,30,31). The topological polar surface area (TPSA) is 125 Å². The number of nitrogens with zero attached hydrogens (tertiary/aromatic N) is 3. The Kier molecular flexibility index (Phi) is 7.68. The lowest BCUT2D eigenvalue weighted by atomic mass is 9.91. The Hall–Kier alpha value is -3.60. The average molecular weight is 539 g/mol. The van der Waals surface area contributed by atoms with E-state index in [0.717, 1.165) is 16.7 Å². The number of benzene rings is 2. The fraction of sp³-hybridized carbons (Fsp3) is 0.321. The van der Waals surface area contributed by atoms with Crippen molar-refractivity contribution >= 4 is 22.5 Å². The predicted octanol–water partition coefficient (Wildman–Crippen LogP) is 7.14. The number of carbonyl (C=O) groups excluding carboxylic acids is 1. The summed E-state index contributed by atoms with van der Waals surface area (Å²) in [6, 6.07) is 12.7. The van der Waals surface area contributed by atoms with Gasteiger partial charge in [-0.05, 0) is 48.6 Å². The fourth-order valence-corrected chi connectivity index (χ4v) is 5.38. The van der Waals surface area contributed by atoms with Gasteiger partial charge in [0.15, 0.2) is 5.82 Å². The first kappa shape index (κ1) is 27.4. The molecule has 0 radical (unpaired) electrons. The number of aromatic nitrogens is 2. The van der Waals surface area contributed by atoms with Gasteiger partial charge in [-0.3, -0.25) is 18.6 Å². The lowest BCUT2D eigenvalue weighted by Crippen LogP contribution is -2.29. The van der Waals surface area contributed by atoms with Gasteiger partial charge in [-0.25, -0.2) is 4.98 Å². The number of hydrogen-bond acceptors (Lipinski definition) is 8. The molecule has 4 aromatic rings. The summed E-state index contributed by atoms with van der Waals surface area (Å²) in [5, 5.41) is 3.93. The van der Waals surface area contributed by atoms with Crippen LogP contribution in [-0.2, 0) is 11.3 Å². The first-order valence-corrected chi connectivity index (χ1v) is 13.8. The van der Waals surface area contributed by atoms with Crippen molar-refractivity contribution in [1.29, 1.82) is 0 Å². The largest absolute Gasteiger partial charge is 0.445 e. The molecule has 0 spiro atoms. The van der Waals surface area contributed by atoms with Gasteiger partial charge in [0.1, 0.15) is 12.0 Å². The van der Waals surface area contributed by atoms with E-state index >= 15 is 0 Å². The third-order valence-electron chi connectivity index (χ3n) is 6.18. The molecule has 38 heavy (non-hydrogen) atoms. The first-order chi connectivity index (χ1) is 17.9. The lowest BCUT2D eigenvalue weighted by molar-refractivity contribution is -0.132. The molecule has 202 valence electrons. The average Bonchev–Trinajstić information content (AvgIpc) is 3.49. The molecule has 1 amide bonds. The molecule has 0 aliphatic carbocycles. The molecule has 0 unspecified atom stereocenters. The quantitative estimate of drug-likeness (QED) is 0.216. The molecule has 0 bridgehead atoms. The minimum atomic E-state index is -3.52. The van der Waals surface area contributed by atoms with Crippen LogP contribution in [0.25, 0.3) is 22.6 Å². The van der Waals surface area contributed by atoms with E-state index in [1.165, 1.54) is 6.26 Å². The van der Waals surface area contributed by atoms with Gasteiger partial charge in [0.25, 0.3) is 0 Å². The molecule has 9 nitrogen and oxygen atoms in total. The summed E-state index contributed by atoms with van der Waals surface area (Å²) >= 11 is 0. The normalized spacial score (nSPS) is 12.4. The molecule has 0 atom stereocenters. The molecule has 10 heteroatoms. The van der Waals surface area contributed by atoms with Crippen LogP contribution in [0.2, 0.25) is 0 Å². The monoisotopic (exact) mass is 538 g/mol. The van der Waals surface area contributed by atoms with E-state index < -0.39 is 10.8 Å². The van der Waals surface area contributed by atoms with Crippen LogP contribution in [0.5, 0.6) is 0 Å². The van der Waals surface area contributed by atoms with E-state index in [-0.39, 0.29) is 17.1 Å². The lowest BCUT2D eigenvalue weighted by Gasteiger charge is -2.35. The molecular weight excluding hydrogens is 504 g/mol. The van der Waals surface area contributed by atoms with E-state index in [1.807, 2.05) is 51.1 Å². The van der Waals surface area contributed by atoms with Crippen molar-refractivity contribution in [3.8, 4) is 22.6 Å². The number of nitrogens with one attached hydrogen (secondary N) is 1. The molecule has 2 aromatic carbocycles. The summed E-state index contributed by atoms with van der Waals surface area (Å²) < 4.78 is 36.0. The third-order valence-corrected chi connectivity index (χ3v) is 7.63. The number of carbonyl (C=O) groups is 1. The summed E-state index contributed by atoms with van der Waals surface area (Å²) in [6.07, 6.45) is 3.48. The van der Waals surface area contributed by atoms with Crippen LogP contribution in [0.15, 0.2) is 68.8 Å². The molecule has 0 aliphatic rings. The van der Waals surface area contributed by atoms with Gasteiger partial charge in [-0.2, -0.15) is 0 Å². The maximum absolute atomic E-state index is 13.0. The van der Waals surface area contributed by atoms with Gasteiger partial charge in [0.2, 0.25) is 11.8 Å². The number of amides is 1. The highest BCUT2D eigenvalue weighted by Gasteiger charge is 2.26. The zero-order chi connectivity index (χ0) is 27.7. The molecule has 0 saturated heterocycles. The van der Waals surface area contributed by atoms with Crippen LogP contribution in [0.3, 0.4) is 0 Å². The van der Waals surface area contributed by atoms with Crippen molar-refractivity contribution in [2.24, 2.45) is 5.41 Å². The number of oxazole rings is 1. The maximum Gasteiger partial charge on any atom is 0.225 e. The second kappa shape index (κ2) is 10.6. The molecule has 0 saturated carbocycles. The number of hydrogen-bond donors (Lipinski definition) is 3. The molecule has 0 fully saturated rings. The van der Waals surface area contributed by atoms with Crippen LogP contribution in [0.1, 0.15) is 44.1 Å². The van der Waals surface area contributed by atoms with Crippen LogP contribution in [-0.4, -0.2) is 37.1 Å². The minimum absolute atomic E-state index is 0.0149. The Labute approximate surface area is 224 Å². The summed E-state index contributed by atoms with van der Waals surface area (Å²) in [7, 11) is -1.75. The maximum atomic E-state index is 13.0. The molecule has 4 rings (SSSR count). The van der Waals surface area contributed by atoms with E-state index in [0.29, 0.717) is 40.6 Å². The fourth-order valence-electron chi connectivity index (χ4n) is 4.06. The van der Waals surface area contributed by atoms with Gasteiger partial charge in [0, 0.05) is 36.7 Å². The first-order valence-electron chi connectivity index (χ1n) is 12.2. The Morgan fingerprint density at radius 1 is 1.11 bits per heavy atom.